The number of piperidine rings is 1. The van der Waals surface area contributed by atoms with E-state index in [0.29, 0.717) is 23.6 Å². The van der Waals surface area contributed by atoms with Gasteiger partial charge in [0.05, 0.1) is 12.1 Å². The van der Waals surface area contributed by atoms with E-state index in [9.17, 15) is 14.4 Å². The molecule has 1 aliphatic carbocycles. The summed E-state index contributed by atoms with van der Waals surface area (Å²) in [5.41, 5.74) is 3.95. The molecule has 2 aromatic rings. The van der Waals surface area contributed by atoms with Crippen LogP contribution in [0.25, 0.3) is 16.8 Å². The molecule has 0 aromatic heterocycles. The maximum Gasteiger partial charge on any atom is 0.238 e. The van der Waals surface area contributed by atoms with Crippen LogP contribution in [0, 0.1) is 23.1 Å². The molecule has 2 bridgehead atoms. The van der Waals surface area contributed by atoms with Gasteiger partial charge in [-0.3, -0.25) is 4.79 Å². The molecule has 3 N–H and O–H groups in total. The van der Waals surface area contributed by atoms with Crippen molar-refractivity contribution in [2.75, 3.05) is 13.2 Å². The van der Waals surface area contributed by atoms with Crippen LogP contribution in [-0.4, -0.2) is 43.3 Å². The molecule has 1 amide bonds. The summed E-state index contributed by atoms with van der Waals surface area (Å²) in [7, 11) is 0. The number of ether oxygens (including phenoxy) is 1. The number of benzene rings is 2. The third-order valence-corrected chi connectivity index (χ3v) is 7.76. The molecule has 188 valence electrons. The van der Waals surface area contributed by atoms with Crippen LogP contribution in [0.3, 0.4) is 0 Å². The van der Waals surface area contributed by atoms with Crippen LogP contribution in [0.4, 0.5) is 4.39 Å². The van der Waals surface area contributed by atoms with Gasteiger partial charge < -0.3 is 20.7 Å². The number of nitriles is 1. The van der Waals surface area contributed by atoms with Gasteiger partial charge in [-0.05, 0) is 66.3 Å². The van der Waals surface area contributed by atoms with Gasteiger partial charge in [-0.1, -0.05) is 43.0 Å². The number of carbonyl (C=O) groups excluding carboxylic acids is 1. The number of hydrogen-bond acceptors (Lipinski definition) is 5. The smallest absolute Gasteiger partial charge is 0.238 e. The quantitative estimate of drug-likeness (QED) is 0.524. The Bertz CT molecular complexity index is 1150. The predicted octanol–water partition coefficient (Wildman–Crippen LogP) is 3.92. The Kier molecular flexibility index (Phi) is 7.35. The Labute approximate surface area is 211 Å². The molecule has 4 atom stereocenters. The van der Waals surface area contributed by atoms with Crippen molar-refractivity contribution in [1.82, 2.24) is 16.0 Å². The number of carbonyl (C=O) groups is 1. The van der Waals surface area contributed by atoms with Crippen LogP contribution in [0.2, 0.25) is 0 Å². The lowest BCUT2D eigenvalue weighted by atomic mass is 9.97. The summed E-state index contributed by atoms with van der Waals surface area (Å²) in [4.78, 5) is 12.7. The van der Waals surface area contributed by atoms with Crippen molar-refractivity contribution >= 4 is 11.6 Å². The number of fused-ring (bicyclic) bond motifs is 2. The monoisotopic (exact) mass is 488 g/mol. The molecule has 1 saturated carbocycles. The minimum Gasteiger partial charge on any atom is -0.382 e. The molecule has 5 rings (SSSR count). The van der Waals surface area contributed by atoms with Crippen LogP contribution in [-0.2, 0) is 16.0 Å². The molecule has 2 saturated heterocycles. The number of hydrogen-bond donors (Lipinski definition) is 3. The highest BCUT2D eigenvalue weighted by molar-refractivity contribution is 5.83. The topological polar surface area (TPSA) is 86.2 Å². The minimum absolute atomic E-state index is 0.131. The van der Waals surface area contributed by atoms with E-state index in [1.807, 2.05) is 30.3 Å². The van der Waals surface area contributed by atoms with Crippen LogP contribution in [0.5, 0.6) is 0 Å². The Balaban J connectivity index is 1.19. The molecule has 3 fully saturated rings. The second-order valence-corrected chi connectivity index (χ2v) is 10.2. The molecule has 3 aliphatic rings. The van der Waals surface area contributed by atoms with E-state index in [2.05, 4.69) is 28.6 Å². The molecule has 0 unspecified atom stereocenters. The van der Waals surface area contributed by atoms with Gasteiger partial charge in [0.25, 0.3) is 0 Å². The highest BCUT2D eigenvalue weighted by Gasteiger charge is 2.43. The molecule has 2 aliphatic heterocycles. The molecule has 7 heteroatoms. The van der Waals surface area contributed by atoms with Crippen LogP contribution >= 0.6 is 0 Å². The Hall–Kier alpha value is -3.21. The fourth-order valence-electron chi connectivity index (χ4n) is 5.69. The molecule has 2 aromatic carbocycles. The second kappa shape index (κ2) is 10.8. The van der Waals surface area contributed by atoms with Crippen LogP contribution in [0.15, 0.2) is 49.0 Å². The molecule has 6 nitrogen and oxygen atoms in total. The van der Waals surface area contributed by atoms with Crippen molar-refractivity contribution in [3.63, 3.8) is 0 Å². The lowest BCUT2D eigenvalue weighted by Gasteiger charge is -2.25. The minimum atomic E-state index is -0.771. The Morgan fingerprint density at radius 1 is 1.14 bits per heavy atom. The molecular weight excluding hydrogens is 455 g/mol. The predicted molar refractivity (Wildman–Crippen MR) is 137 cm³/mol. The number of nitrogens with zero attached hydrogens (tertiary/aromatic N) is 1. The summed E-state index contributed by atoms with van der Waals surface area (Å²) in [6.07, 6.45) is 5.25. The average Bonchev–Trinajstić information content (AvgIpc) is 3.54. The lowest BCUT2D eigenvalue weighted by molar-refractivity contribution is -0.124. The van der Waals surface area contributed by atoms with Crippen LogP contribution in [0.1, 0.15) is 43.2 Å². The molecule has 0 radical (unpaired) electrons. The van der Waals surface area contributed by atoms with E-state index in [0.717, 1.165) is 67.7 Å². The number of rotatable bonds is 8. The molecule has 36 heavy (non-hydrogen) atoms. The van der Waals surface area contributed by atoms with Crippen molar-refractivity contribution < 1.29 is 13.9 Å². The summed E-state index contributed by atoms with van der Waals surface area (Å²) < 4.78 is 20.4. The first-order valence-electron chi connectivity index (χ1n) is 12.9. The number of amides is 1. The van der Waals surface area contributed by atoms with Gasteiger partial charge in [-0.25, -0.2) is 4.39 Å². The fraction of sp³-hybridized carbons (Fsp3) is 0.448. The van der Waals surface area contributed by atoms with Gasteiger partial charge in [0.1, 0.15) is 11.9 Å². The summed E-state index contributed by atoms with van der Waals surface area (Å²) in [5.74, 6) is -0.194. The zero-order valence-corrected chi connectivity index (χ0v) is 20.4. The molecule has 2 heterocycles. The SMILES string of the molecule is C=C(NC1CCOCC1)c1ccc(-c2ccc(C[C@@H](C#N)NC(=O)[C@H]3N[C@@H]4CC[C@H]3C4)c(F)c2)cc1. The van der Waals surface area contributed by atoms with Gasteiger partial charge in [0, 0.05) is 37.4 Å². The van der Waals surface area contributed by atoms with Crippen molar-refractivity contribution in [3.05, 3.63) is 66.0 Å². The Morgan fingerprint density at radius 3 is 2.53 bits per heavy atom. The summed E-state index contributed by atoms with van der Waals surface area (Å²) in [6, 6.07) is 14.8. The first-order valence-corrected chi connectivity index (χ1v) is 12.9. The Morgan fingerprint density at radius 2 is 1.89 bits per heavy atom. The fourth-order valence-corrected chi connectivity index (χ4v) is 5.69. The van der Waals surface area contributed by atoms with Gasteiger partial charge in [0.2, 0.25) is 5.91 Å². The lowest BCUT2D eigenvalue weighted by Crippen LogP contribution is -2.50. The van der Waals surface area contributed by atoms with Gasteiger partial charge >= 0.3 is 0 Å². The zero-order valence-electron chi connectivity index (χ0n) is 20.4. The van der Waals surface area contributed by atoms with E-state index >= 15 is 0 Å². The van der Waals surface area contributed by atoms with Crippen molar-refractivity contribution in [1.29, 1.82) is 5.26 Å². The first-order chi connectivity index (χ1) is 17.5. The van der Waals surface area contributed by atoms with Crippen molar-refractivity contribution in [2.24, 2.45) is 5.92 Å². The van der Waals surface area contributed by atoms with Gasteiger partial charge in [-0.2, -0.15) is 5.26 Å². The summed E-state index contributed by atoms with van der Waals surface area (Å²) in [6.45, 7) is 5.71. The largest absolute Gasteiger partial charge is 0.382 e. The highest BCUT2D eigenvalue weighted by atomic mass is 19.1. The second-order valence-electron chi connectivity index (χ2n) is 10.2. The van der Waals surface area contributed by atoms with E-state index < -0.39 is 6.04 Å². The van der Waals surface area contributed by atoms with Gasteiger partial charge in [0.15, 0.2) is 0 Å². The van der Waals surface area contributed by atoms with Crippen LogP contribution < -0.4 is 16.0 Å². The standard InChI is InChI=1S/C29H33FN4O2/c1-18(32-24-10-12-36-13-11-24)19-2-4-20(5-3-19)21-6-7-22(27(30)16-21)14-26(17-31)34-29(35)28-23-8-9-25(15-23)33-28/h2-7,16,23-26,28,32-33H,1,8-15H2,(H,34,35)/t23-,25+,26-,28-/m0/s1. The zero-order chi connectivity index (χ0) is 25.1. The average molecular weight is 489 g/mol. The first kappa shape index (κ1) is 24.5. The van der Waals surface area contributed by atoms with Crippen molar-refractivity contribution in [3.8, 4) is 17.2 Å². The number of halogens is 1. The maximum absolute atomic E-state index is 15.0. The third-order valence-electron chi connectivity index (χ3n) is 7.76. The highest BCUT2D eigenvalue weighted by Crippen LogP contribution is 2.35. The van der Waals surface area contributed by atoms with E-state index in [4.69, 9.17) is 4.74 Å². The molecule has 0 spiro atoms. The van der Waals surface area contributed by atoms with Crippen molar-refractivity contribution in [2.45, 2.75) is 62.7 Å². The van der Waals surface area contributed by atoms with Gasteiger partial charge in [-0.15, -0.1) is 0 Å². The third kappa shape index (κ3) is 5.45. The van der Waals surface area contributed by atoms with E-state index in [1.165, 1.54) is 6.07 Å². The van der Waals surface area contributed by atoms with E-state index in [-0.39, 0.29) is 24.2 Å². The number of nitrogens with one attached hydrogen (secondary N) is 3. The normalized spacial score (nSPS) is 24.2. The maximum atomic E-state index is 15.0. The van der Waals surface area contributed by atoms with E-state index in [1.54, 1.807) is 6.07 Å². The summed E-state index contributed by atoms with van der Waals surface area (Å²) in [5, 5.41) is 19.2. The molecular formula is C29H33FN4O2. The summed E-state index contributed by atoms with van der Waals surface area (Å²) >= 11 is 0.